The van der Waals surface area contributed by atoms with Gasteiger partial charge in [-0.3, -0.25) is 0 Å². The van der Waals surface area contributed by atoms with Crippen molar-refractivity contribution >= 4 is 21.6 Å². The van der Waals surface area contributed by atoms with Crippen LogP contribution in [0.4, 0.5) is 0 Å². The van der Waals surface area contributed by atoms with Crippen molar-refractivity contribution in [1.29, 1.82) is 0 Å². The van der Waals surface area contributed by atoms with Crippen LogP contribution in [0.25, 0.3) is 0 Å². The predicted molar refractivity (Wildman–Crippen MR) is 65.5 cm³/mol. The van der Waals surface area contributed by atoms with Gasteiger partial charge in [0.15, 0.2) is 0 Å². The van der Waals surface area contributed by atoms with Crippen molar-refractivity contribution in [2.75, 3.05) is 13.2 Å². The van der Waals surface area contributed by atoms with E-state index in [0.717, 1.165) is 6.42 Å². The van der Waals surface area contributed by atoms with Crippen LogP contribution in [0.3, 0.4) is 0 Å². The minimum absolute atomic E-state index is 0.139. The minimum Gasteiger partial charge on any atom is -0.395 e. The van der Waals surface area contributed by atoms with Crippen molar-refractivity contribution < 1.29 is 13.5 Å². The van der Waals surface area contributed by atoms with Gasteiger partial charge in [-0.05, 0) is 31.0 Å². The lowest BCUT2D eigenvalue weighted by Gasteiger charge is -2.22. The second-order valence-electron chi connectivity index (χ2n) is 4.05. The molecule has 1 aromatic rings. The van der Waals surface area contributed by atoms with E-state index in [4.69, 9.17) is 16.7 Å². The molecule has 0 aromatic heterocycles. The van der Waals surface area contributed by atoms with Crippen LogP contribution < -0.4 is 0 Å². The van der Waals surface area contributed by atoms with Gasteiger partial charge in [0.05, 0.1) is 11.5 Å². The van der Waals surface area contributed by atoms with Gasteiger partial charge in [-0.15, -0.1) is 0 Å². The highest BCUT2D eigenvalue weighted by atomic mass is 35.5. The smallest absolute Gasteiger partial charge is 0.243 e. The van der Waals surface area contributed by atoms with Gasteiger partial charge in [-0.1, -0.05) is 17.7 Å². The summed E-state index contributed by atoms with van der Waals surface area (Å²) in [5.41, 5.74) is 0. The summed E-state index contributed by atoms with van der Waals surface area (Å²) < 4.78 is 26.0. The molecule has 1 saturated heterocycles. The van der Waals surface area contributed by atoms with Gasteiger partial charge in [0, 0.05) is 17.6 Å². The van der Waals surface area contributed by atoms with Crippen molar-refractivity contribution in [2.45, 2.75) is 23.8 Å². The summed E-state index contributed by atoms with van der Waals surface area (Å²) in [7, 11) is -3.53. The Labute approximate surface area is 106 Å². The first-order valence-electron chi connectivity index (χ1n) is 5.44. The molecule has 6 heteroatoms. The molecule has 4 nitrogen and oxygen atoms in total. The first-order valence-corrected chi connectivity index (χ1v) is 7.26. The fourth-order valence-electron chi connectivity index (χ4n) is 2.07. The minimum atomic E-state index is -3.53. The first-order chi connectivity index (χ1) is 8.05. The van der Waals surface area contributed by atoms with Crippen molar-refractivity contribution in [3.8, 4) is 0 Å². The summed E-state index contributed by atoms with van der Waals surface area (Å²) in [5.74, 6) is 0. The molecule has 1 N–H and O–H groups in total. The Morgan fingerprint density at radius 3 is 2.88 bits per heavy atom. The number of sulfonamides is 1. The van der Waals surface area contributed by atoms with E-state index in [0.29, 0.717) is 18.0 Å². The SMILES string of the molecule is O=S(=O)(c1cccc(Cl)c1)N1CCCC1CO. The fraction of sp³-hybridized carbons (Fsp3) is 0.455. The third-order valence-electron chi connectivity index (χ3n) is 2.94. The lowest BCUT2D eigenvalue weighted by atomic mass is 10.2. The maximum atomic E-state index is 12.3. The Hall–Kier alpha value is -0.620. The molecule has 17 heavy (non-hydrogen) atoms. The molecule has 0 radical (unpaired) electrons. The van der Waals surface area contributed by atoms with E-state index in [9.17, 15) is 8.42 Å². The van der Waals surface area contributed by atoms with Crippen LogP contribution in [0.15, 0.2) is 29.2 Å². The van der Waals surface area contributed by atoms with E-state index >= 15 is 0 Å². The number of aliphatic hydroxyl groups is 1. The molecule has 0 aliphatic carbocycles. The molecule has 1 atom stereocenters. The summed E-state index contributed by atoms with van der Waals surface area (Å²) in [6.07, 6.45) is 1.49. The molecule has 0 saturated carbocycles. The number of aliphatic hydroxyl groups excluding tert-OH is 1. The maximum absolute atomic E-state index is 12.3. The molecule has 0 amide bonds. The lowest BCUT2D eigenvalue weighted by molar-refractivity contribution is 0.213. The lowest BCUT2D eigenvalue weighted by Crippen LogP contribution is -2.37. The van der Waals surface area contributed by atoms with Gasteiger partial charge in [0.2, 0.25) is 10.0 Å². The topological polar surface area (TPSA) is 57.6 Å². The Balaban J connectivity index is 2.36. The van der Waals surface area contributed by atoms with Crippen LogP contribution in [-0.4, -0.2) is 37.0 Å². The molecule has 1 fully saturated rings. The van der Waals surface area contributed by atoms with Gasteiger partial charge in [0.25, 0.3) is 0 Å². The zero-order valence-corrected chi connectivity index (χ0v) is 10.8. The predicted octanol–water partition coefficient (Wildman–Crippen LogP) is 1.49. The summed E-state index contributed by atoms with van der Waals surface area (Å²) in [4.78, 5) is 0.186. The van der Waals surface area contributed by atoms with Crippen molar-refractivity contribution in [3.05, 3.63) is 29.3 Å². The molecule has 1 unspecified atom stereocenters. The van der Waals surface area contributed by atoms with Crippen LogP contribution in [0, 0.1) is 0 Å². The molecule has 0 bridgehead atoms. The maximum Gasteiger partial charge on any atom is 0.243 e. The van der Waals surface area contributed by atoms with E-state index < -0.39 is 10.0 Å². The zero-order chi connectivity index (χ0) is 12.5. The average Bonchev–Trinajstić information content (AvgIpc) is 2.77. The Morgan fingerprint density at radius 1 is 1.47 bits per heavy atom. The standard InChI is InChI=1S/C11H14ClNO3S/c12-9-3-1-5-11(7-9)17(15,16)13-6-2-4-10(13)8-14/h1,3,5,7,10,14H,2,4,6,8H2. The summed E-state index contributed by atoms with van der Waals surface area (Å²) in [6.45, 7) is 0.319. The van der Waals surface area contributed by atoms with Crippen LogP contribution in [0.1, 0.15) is 12.8 Å². The van der Waals surface area contributed by atoms with Crippen LogP contribution in [-0.2, 0) is 10.0 Å². The zero-order valence-electron chi connectivity index (χ0n) is 9.21. The highest BCUT2D eigenvalue weighted by molar-refractivity contribution is 7.89. The molecule has 1 aromatic carbocycles. The largest absolute Gasteiger partial charge is 0.395 e. The fourth-order valence-corrected chi connectivity index (χ4v) is 4.06. The number of halogens is 1. The second kappa shape index (κ2) is 4.94. The molecule has 1 aliphatic heterocycles. The second-order valence-corrected chi connectivity index (χ2v) is 6.38. The van der Waals surface area contributed by atoms with E-state index in [1.54, 1.807) is 12.1 Å². The summed E-state index contributed by atoms with van der Waals surface area (Å²) in [5, 5.41) is 9.56. The number of nitrogens with zero attached hydrogens (tertiary/aromatic N) is 1. The van der Waals surface area contributed by atoms with Gasteiger partial charge in [-0.25, -0.2) is 8.42 Å². The Kier molecular flexibility index (Phi) is 3.73. The van der Waals surface area contributed by atoms with E-state index in [1.807, 2.05) is 0 Å². The molecule has 1 aliphatic rings. The molecule has 0 spiro atoms. The van der Waals surface area contributed by atoms with Crippen LogP contribution >= 0.6 is 11.6 Å². The van der Waals surface area contributed by atoms with Crippen LogP contribution in [0.5, 0.6) is 0 Å². The summed E-state index contributed by atoms with van der Waals surface area (Å²) >= 11 is 5.80. The van der Waals surface area contributed by atoms with E-state index in [2.05, 4.69) is 0 Å². The third-order valence-corrected chi connectivity index (χ3v) is 5.12. The molecule has 2 rings (SSSR count). The Bertz CT molecular complexity index is 503. The highest BCUT2D eigenvalue weighted by Crippen LogP contribution is 2.26. The van der Waals surface area contributed by atoms with Crippen molar-refractivity contribution in [1.82, 2.24) is 4.31 Å². The van der Waals surface area contributed by atoms with Gasteiger partial charge in [0.1, 0.15) is 0 Å². The molecular formula is C11H14ClNO3S. The number of benzene rings is 1. The first kappa shape index (κ1) is 12.8. The van der Waals surface area contributed by atoms with Gasteiger partial charge >= 0.3 is 0 Å². The Morgan fingerprint density at radius 2 is 2.24 bits per heavy atom. The molecular weight excluding hydrogens is 262 g/mol. The number of hydrogen-bond donors (Lipinski definition) is 1. The number of hydrogen-bond acceptors (Lipinski definition) is 3. The normalized spacial score (nSPS) is 21.9. The molecule has 1 heterocycles. The summed E-state index contributed by atoms with van der Waals surface area (Å²) in [6, 6.07) is 5.89. The quantitative estimate of drug-likeness (QED) is 0.909. The monoisotopic (exact) mass is 275 g/mol. The van der Waals surface area contributed by atoms with Gasteiger partial charge < -0.3 is 5.11 Å². The van der Waals surface area contributed by atoms with E-state index in [1.165, 1.54) is 16.4 Å². The van der Waals surface area contributed by atoms with Crippen molar-refractivity contribution in [3.63, 3.8) is 0 Å². The van der Waals surface area contributed by atoms with Gasteiger partial charge in [-0.2, -0.15) is 4.31 Å². The van der Waals surface area contributed by atoms with Crippen molar-refractivity contribution in [2.24, 2.45) is 0 Å². The molecule has 94 valence electrons. The van der Waals surface area contributed by atoms with Crippen LogP contribution in [0.2, 0.25) is 5.02 Å². The number of rotatable bonds is 3. The average molecular weight is 276 g/mol. The van der Waals surface area contributed by atoms with E-state index in [-0.39, 0.29) is 17.5 Å². The highest BCUT2D eigenvalue weighted by Gasteiger charge is 2.34. The third kappa shape index (κ3) is 2.47.